The molecule has 0 aliphatic carbocycles. The molecule has 9 heteroatoms. The molecule has 1 rings (SSSR count). The zero-order valence-corrected chi connectivity index (χ0v) is 10.8. The van der Waals surface area contributed by atoms with Crippen LogP contribution in [0.1, 0.15) is 12.5 Å². The summed E-state index contributed by atoms with van der Waals surface area (Å²) in [6.45, 7) is 1.77. The van der Waals surface area contributed by atoms with Crippen LogP contribution in [-0.2, 0) is 11.2 Å². The highest BCUT2D eigenvalue weighted by Crippen LogP contribution is 2.40. The number of aryl methyl sites for hydroxylation is 1. The minimum Gasteiger partial charge on any atom is -0.398 e. The van der Waals surface area contributed by atoms with Gasteiger partial charge < -0.3 is 11.1 Å². The quantitative estimate of drug-likeness (QED) is 0.662. The first-order chi connectivity index (χ1) is 9.46. The van der Waals surface area contributed by atoms with Gasteiger partial charge in [-0.25, -0.2) is 0 Å². The first kappa shape index (κ1) is 17.1. The molecule has 3 nitrogen and oxygen atoms in total. The Morgan fingerprint density at radius 2 is 1.71 bits per heavy atom. The summed E-state index contributed by atoms with van der Waals surface area (Å²) in [5.41, 5.74) is 6.17. The molecule has 0 saturated heterocycles. The standard InChI is InChI=1S/C12H12F6N2O/c1-2-6-3-4-7(5-8(6)19)20-10(21)9(11(13,14)15)12(16,17)18/h3-5,9H,2,19H2,1H3,(H,20,21). The van der Waals surface area contributed by atoms with Crippen molar-refractivity contribution < 1.29 is 31.1 Å². The molecule has 0 fully saturated rings. The molecule has 0 bridgehead atoms. The van der Waals surface area contributed by atoms with E-state index in [1.807, 2.05) is 0 Å². The van der Waals surface area contributed by atoms with Crippen LogP contribution in [0.5, 0.6) is 0 Å². The van der Waals surface area contributed by atoms with Crippen LogP contribution >= 0.6 is 0 Å². The van der Waals surface area contributed by atoms with E-state index in [9.17, 15) is 31.1 Å². The molecule has 0 aliphatic heterocycles. The van der Waals surface area contributed by atoms with Crippen molar-refractivity contribution in [2.75, 3.05) is 11.1 Å². The predicted octanol–water partition coefficient (Wildman–Crippen LogP) is 3.51. The highest BCUT2D eigenvalue weighted by Gasteiger charge is 2.61. The van der Waals surface area contributed by atoms with Crippen molar-refractivity contribution in [2.24, 2.45) is 5.92 Å². The fourth-order valence-corrected chi connectivity index (χ4v) is 1.69. The van der Waals surface area contributed by atoms with Crippen LogP contribution in [0.25, 0.3) is 0 Å². The molecule has 0 radical (unpaired) electrons. The van der Waals surface area contributed by atoms with Crippen LogP contribution in [0.4, 0.5) is 37.7 Å². The maximum Gasteiger partial charge on any atom is 0.409 e. The number of nitrogens with two attached hydrogens (primary N) is 1. The summed E-state index contributed by atoms with van der Waals surface area (Å²) in [7, 11) is 0. The first-order valence-corrected chi connectivity index (χ1v) is 5.79. The molecule has 1 aromatic carbocycles. The van der Waals surface area contributed by atoms with Crippen LogP contribution < -0.4 is 11.1 Å². The summed E-state index contributed by atoms with van der Waals surface area (Å²) in [4.78, 5) is 11.3. The highest BCUT2D eigenvalue weighted by atomic mass is 19.4. The Labute approximate surface area is 116 Å². The first-order valence-electron chi connectivity index (χ1n) is 5.79. The molecular weight excluding hydrogens is 302 g/mol. The molecule has 0 atom stereocenters. The molecule has 1 amide bonds. The van der Waals surface area contributed by atoms with E-state index < -0.39 is 24.2 Å². The third-order valence-electron chi connectivity index (χ3n) is 2.71. The zero-order chi connectivity index (χ0) is 16.4. The molecule has 1 aromatic rings. The number of amides is 1. The summed E-state index contributed by atoms with van der Waals surface area (Å²) >= 11 is 0. The van der Waals surface area contributed by atoms with E-state index in [4.69, 9.17) is 5.73 Å². The molecule has 3 N–H and O–H groups in total. The second-order valence-corrected chi connectivity index (χ2v) is 4.27. The molecule has 0 unspecified atom stereocenters. The summed E-state index contributed by atoms with van der Waals surface area (Å²) in [6, 6.07) is 3.72. The Bertz CT molecular complexity index is 509. The van der Waals surface area contributed by atoms with Gasteiger partial charge in [-0.2, -0.15) is 26.3 Å². The molecule has 0 aliphatic rings. The zero-order valence-electron chi connectivity index (χ0n) is 10.8. The number of hydrogen-bond donors (Lipinski definition) is 2. The van der Waals surface area contributed by atoms with Crippen LogP contribution in [0.15, 0.2) is 18.2 Å². The predicted molar refractivity (Wildman–Crippen MR) is 64.5 cm³/mol. The fourth-order valence-electron chi connectivity index (χ4n) is 1.69. The minimum atomic E-state index is -5.72. The SMILES string of the molecule is CCc1ccc(NC(=O)C(C(F)(F)F)C(F)(F)F)cc1N. The normalized spacial score (nSPS) is 12.6. The summed E-state index contributed by atoms with van der Waals surface area (Å²) < 4.78 is 74.2. The number of nitrogen functional groups attached to an aromatic ring is 1. The van der Waals surface area contributed by atoms with Gasteiger partial charge in [0, 0.05) is 11.4 Å². The summed E-state index contributed by atoms with van der Waals surface area (Å²) in [5.74, 6) is -6.28. The maximum absolute atomic E-state index is 12.4. The lowest BCUT2D eigenvalue weighted by molar-refractivity contribution is -0.272. The lowest BCUT2D eigenvalue weighted by Crippen LogP contribution is -2.45. The number of anilines is 2. The Hall–Kier alpha value is -1.93. The number of nitrogens with one attached hydrogen (secondary N) is 1. The van der Waals surface area contributed by atoms with E-state index in [1.54, 1.807) is 12.2 Å². The van der Waals surface area contributed by atoms with Gasteiger partial charge in [0.15, 0.2) is 0 Å². The third-order valence-corrected chi connectivity index (χ3v) is 2.71. The number of carbonyl (C=O) groups excluding carboxylic acids is 1. The fraction of sp³-hybridized carbons (Fsp3) is 0.417. The number of benzene rings is 1. The molecule has 0 aromatic heterocycles. The van der Waals surface area contributed by atoms with Crippen molar-refractivity contribution in [2.45, 2.75) is 25.7 Å². The van der Waals surface area contributed by atoms with Gasteiger partial charge in [0.05, 0.1) is 0 Å². The second-order valence-electron chi connectivity index (χ2n) is 4.27. The van der Waals surface area contributed by atoms with Crippen molar-refractivity contribution in [1.29, 1.82) is 0 Å². The van der Waals surface area contributed by atoms with E-state index in [-0.39, 0.29) is 11.4 Å². The molecule has 21 heavy (non-hydrogen) atoms. The molecule has 0 saturated carbocycles. The Morgan fingerprint density at radius 1 is 1.19 bits per heavy atom. The van der Waals surface area contributed by atoms with Crippen LogP contribution in [0, 0.1) is 5.92 Å². The number of alkyl halides is 6. The van der Waals surface area contributed by atoms with Crippen molar-refractivity contribution in [1.82, 2.24) is 0 Å². The van der Waals surface area contributed by atoms with Crippen molar-refractivity contribution in [3.63, 3.8) is 0 Å². The topological polar surface area (TPSA) is 55.1 Å². The second kappa shape index (κ2) is 5.82. The van der Waals surface area contributed by atoms with Crippen molar-refractivity contribution in [3.05, 3.63) is 23.8 Å². The maximum atomic E-state index is 12.4. The lowest BCUT2D eigenvalue weighted by atomic mass is 10.1. The largest absolute Gasteiger partial charge is 0.409 e. The van der Waals surface area contributed by atoms with Crippen molar-refractivity contribution >= 4 is 17.3 Å². The minimum absolute atomic E-state index is 0.172. The van der Waals surface area contributed by atoms with Gasteiger partial charge in [0.25, 0.3) is 0 Å². The molecule has 0 spiro atoms. The van der Waals surface area contributed by atoms with E-state index in [0.29, 0.717) is 12.0 Å². The van der Waals surface area contributed by atoms with Crippen LogP contribution in [-0.4, -0.2) is 18.3 Å². The van der Waals surface area contributed by atoms with Crippen molar-refractivity contribution in [3.8, 4) is 0 Å². The van der Waals surface area contributed by atoms with E-state index in [1.165, 1.54) is 12.1 Å². The van der Waals surface area contributed by atoms with Gasteiger partial charge in [0.1, 0.15) is 0 Å². The third kappa shape index (κ3) is 4.27. The molecule has 0 heterocycles. The van der Waals surface area contributed by atoms with Gasteiger partial charge >= 0.3 is 12.4 Å². The van der Waals surface area contributed by atoms with Gasteiger partial charge in [-0.3, -0.25) is 4.79 Å². The monoisotopic (exact) mass is 314 g/mol. The average molecular weight is 314 g/mol. The van der Waals surface area contributed by atoms with Crippen LogP contribution in [0.3, 0.4) is 0 Å². The smallest absolute Gasteiger partial charge is 0.398 e. The molecule has 118 valence electrons. The van der Waals surface area contributed by atoms with Gasteiger partial charge in [-0.15, -0.1) is 0 Å². The average Bonchev–Trinajstić information content (AvgIpc) is 2.24. The van der Waals surface area contributed by atoms with Gasteiger partial charge in [-0.1, -0.05) is 13.0 Å². The number of hydrogen-bond acceptors (Lipinski definition) is 2. The van der Waals surface area contributed by atoms with Gasteiger partial charge in [-0.05, 0) is 24.1 Å². The Kier molecular flexibility index (Phi) is 4.75. The Balaban J connectivity index is 3.00. The van der Waals surface area contributed by atoms with Gasteiger partial charge in [0.2, 0.25) is 11.8 Å². The lowest BCUT2D eigenvalue weighted by Gasteiger charge is -2.22. The Morgan fingerprint density at radius 3 is 2.10 bits per heavy atom. The highest BCUT2D eigenvalue weighted by molar-refractivity contribution is 5.94. The summed E-state index contributed by atoms with van der Waals surface area (Å²) in [5, 5.41) is 1.59. The number of halogens is 6. The number of rotatable bonds is 3. The van der Waals surface area contributed by atoms with E-state index in [0.717, 1.165) is 6.07 Å². The summed E-state index contributed by atoms with van der Waals surface area (Å²) in [6.07, 6.45) is -10.9. The molecular formula is C12H12F6N2O. The number of carbonyl (C=O) groups is 1. The van der Waals surface area contributed by atoms with E-state index in [2.05, 4.69) is 0 Å². The van der Waals surface area contributed by atoms with E-state index >= 15 is 0 Å². The van der Waals surface area contributed by atoms with Crippen LogP contribution in [0.2, 0.25) is 0 Å².